The number of rotatable bonds is 2. The second-order valence-electron chi connectivity index (χ2n) is 6.94. The zero-order valence-corrected chi connectivity index (χ0v) is 15.1. The maximum absolute atomic E-state index is 12.6. The second kappa shape index (κ2) is 7.06. The summed E-state index contributed by atoms with van der Waals surface area (Å²) in [5.74, 6) is 1.47. The van der Waals surface area contributed by atoms with E-state index in [1.54, 1.807) is 16.3 Å². The Kier molecular flexibility index (Phi) is 5.22. The summed E-state index contributed by atoms with van der Waals surface area (Å²) >= 11 is 1.56. The molecule has 3 aliphatic rings. The van der Waals surface area contributed by atoms with Gasteiger partial charge in [0.05, 0.1) is 0 Å². The van der Waals surface area contributed by atoms with Gasteiger partial charge in [0, 0.05) is 30.6 Å². The van der Waals surface area contributed by atoms with E-state index in [4.69, 9.17) is 5.73 Å². The minimum Gasteiger partial charge on any atom is -0.349 e. The lowest BCUT2D eigenvalue weighted by Crippen LogP contribution is -2.54. The quantitative estimate of drug-likeness (QED) is 0.768. The molecule has 1 aromatic heterocycles. The Morgan fingerprint density at radius 3 is 2.75 bits per heavy atom. The molecule has 6 nitrogen and oxygen atoms in total. The lowest BCUT2D eigenvalue weighted by Gasteiger charge is -2.45. The Hall–Kier alpha value is -1.05. The fourth-order valence-electron chi connectivity index (χ4n) is 4.43. The number of hydrogen-bond donors (Lipinski definition) is 2. The molecule has 2 bridgehead atoms. The zero-order chi connectivity index (χ0) is 16.0. The Balaban J connectivity index is 0.00000169. The van der Waals surface area contributed by atoms with Crippen LogP contribution in [0.2, 0.25) is 0 Å². The van der Waals surface area contributed by atoms with E-state index in [2.05, 4.69) is 10.3 Å². The van der Waals surface area contributed by atoms with Crippen LogP contribution >= 0.6 is 24.2 Å². The first-order chi connectivity index (χ1) is 11.1. The Labute approximate surface area is 151 Å². The van der Waals surface area contributed by atoms with Crippen molar-refractivity contribution in [3.05, 3.63) is 22.1 Å². The van der Waals surface area contributed by atoms with Gasteiger partial charge in [0.1, 0.15) is 5.56 Å². The van der Waals surface area contributed by atoms with Crippen molar-refractivity contribution < 1.29 is 4.79 Å². The molecule has 1 aromatic rings. The summed E-state index contributed by atoms with van der Waals surface area (Å²) in [4.78, 5) is 29.4. The predicted molar refractivity (Wildman–Crippen MR) is 95.8 cm³/mol. The van der Waals surface area contributed by atoms with Crippen molar-refractivity contribution in [2.45, 2.75) is 55.9 Å². The molecule has 2 aliphatic carbocycles. The molecule has 0 spiro atoms. The molecule has 3 N–H and O–H groups in total. The highest BCUT2D eigenvalue weighted by atomic mass is 35.5. The van der Waals surface area contributed by atoms with Crippen molar-refractivity contribution in [3.8, 4) is 0 Å². The molecular formula is C16H23ClN4O2S. The normalized spacial score (nSPS) is 31.0. The topological polar surface area (TPSA) is 90.0 Å². The summed E-state index contributed by atoms with van der Waals surface area (Å²) in [6.07, 6.45) is 6.83. The molecule has 2 heterocycles. The van der Waals surface area contributed by atoms with Crippen molar-refractivity contribution in [2.75, 3.05) is 5.75 Å². The SMILES string of the molecule is Cl.NC1CC2CCCC(C1)C2NC(=O)c1cnc2n(c1=O)CCS2. The molecule has 1 amide bonds. The van der Waals surface area contributed by atoms with Gasteiger partial charge in [-0.3, -0.25) is 14.2 Å². The number of thioether (sulfide) groups is 1. The van der Waals surface area contributed by atoms with Gasteiger partial charge in [0.2, 0.25) is 0 Å². The van der Waals surface area contributed by atoms with Gasteiger partial charge in [0.25, 0.3) is 11.5 Å². The first kappa shape index (κ1) is 17.8. The molecule has 8 heteroatoms. The van der Waals surface area contributed by atoms with Crippen LogP contribution in [0.3, 0.4) is 0 Å². The molecule has 0 radical (unpaired) electrons. The summed E-state index contributed by atoms with van der Waals surface area (Å²) in [6, 6.07) is 0.408. The number of nitrogens with zero attached hydrogens (tertiary/aromatic N) is 2. The number of nitrogens with one attached hydrogen (secondary N) is 1. The van der Waals surface area contributed by atoms with Crippen LogP contribution in [-0.2, 0) is 6.54 Å². The number of halogens is 1. The van der Waals surface area contributed by atoms with Crippen LogP contribution in [0.5, 0.6) is 0 Å². The van der Waals surface area contributed by atoms with Crippen LogP contribution in [-0.4, -0.2) is 33.3 Å². The molecule has 24 heavy (non-hydrogen) atoms. The number of amides is 1. The molecule has 2 atom stereocenters. The number of fused-ring (bicyclic) bond motifs is 3. The van der Waals surface area contributed by atoms with Crippen molar-refractivity contribution in [3.63, 3.8) is 0 Å². The lowest BCUT2D eigenvalue weighted by molar-refractivity contribution is 0.0753. The number of aromatic nitrogens is 2. The summed E-state index contributed by atoms with van der Waals surface area (Å²) in [6.45, 7) is 0.635. The van der Waals surface area contributed by atoms with Gasteiger partial charge < -0.3 is 11.1 Å². The highest BCUT2D eigenvalue weighted by Gasteiger charge is 2.40. The van der Waals surface area contributed by atoms with Gasteiger partial charge in [-0.05, 0) is 37.5 Å². The van der Waals surface area contributed by atoms with Gasteiger partial charge in [-0.2, -0.15) is 0 Å². The van der Waals surface area contributed by atoms with Crippen LogP contribution in [0.1, 0.15) is 42.5 Å². The maximum Gasteiger partial charge on any atom is 0.267 e. The maximum atomic E-state index is 12.6. The van der Waals surface area contributed by atoms with E-state index in [0.29, 0.717) is 23.5 Å². The number of carbonyl (C=O) groups excluding carboxylic acids is 1. The van der Waals surface area contributed by atoms with E-state index in [9.17, 15) is 9.59 Å². The molecule has 0 aromatic carbocycles. The monoisotopic (exact) mass is 370 g/mol. The fraction of sp³-hybridized carbons (Fsp3) is 0.688. The molecular weight excluding hydrogens is 348 g/mol. The smallest absolute Gasteiger partial charge is 0.267 e. The minimum atomic E-state index is -0.271. The Morgan fingerprint density at radius 2 is 2.04 bits per heavy atom. The third kappa shape index (κ3) is 3.09. The molecule has 0 saturated heterocycles. The molecule has 1 aliphatic heterocycles. The van der Waals surface area contributed by atoms with Crippen LogP contribution < -0.4 is 16.6 Å². The Morgan fingerprint density at radius 1 is 1.33 bits per heavy atom. The van der Waals surface area contributed by atoms with E-state index in [-0.39, 0.29) is 41.5 Å². The van der Waals surface area contributed by atoms with Crippen LogP contribution in [0, 0.1) is 11.8 Å². The average molecular weight is 371 g/mol. The van der Waals surface area contributed by atoms with Gasteiger partial charge in [0.15, 0.2) is 5.16 Å². The second-order valence-corrected chi connectivity index (χ2v) is 8.00. The number of hydrogen-bond acceptors (Lipinski definition) is 5. The third-order valence-corrected chi connectivity index (χ3v) is 6.45. The predicted octanol–water partition coefficient (Wildman–Crippen LogP) is 1.41. The third-order valence-electron chi connectivity index (χ3n) is 5.48. The first-order valence-electron chi connectivity index (χ1n) is 8.42. The van der Waals surface area contributed by atoms with E-state index < -0.39 is 0 Å². The van der Waals surface area contributed by atoms with Crippen molar-refractivity contribution in [1.82, 2.24) is 14.9 Å². The molecule has 2 unspecified atom stereocenters. The largest absolute Gasteiger partial charge is 0.349 e. The summed E-state index contributed by atoms with van der Waals surface area (Å²) < 4.78 is 1.61. The van der Waals surface area contributed by atoms with Crippen molar-refractivity contribution >= 4 is 30.1 Å². The van der Waals surface area contributed by atoms with Crippen molar-refractivity contribution in [1.29, 1.82) is 0 Å². The van der Waals surface area contributed by atoms with Crippen LogP contribution in [0.4, 0.5) is 0 Å². The fourth-order valence-corrected chi connectivity index (χ4v) is 5.34. The molecule has 2 saturated carbocycles. The zero-order valence-electron chi connectivity index (χ0n) is 13.4. The first-order valence-corrected chi connectivity index (χ1v) is 9.41. The van der Waals surface area contributed by atoms with Crippen molar-refractivity contribution in [2.24, 2.45) is 17.6 Å². The standard InChI is InChI=1S/C16H22N4O2S.ClH/c17-11-6-9-2-1-3-10(7-11)13(9)19-14(21)12-8-18-16-20(15(12)22)4-5-23-16;/h8-11,13H,1-7,17H2,(H,19,21);1H. The summed E-state index contributed by atoms with van der Waals surface area (Å²) in [5.41, 5.74) is 6.09. The van der Waals surface area contributed by atoms with E-state index in [0.717, 1.165) is 31.4 Å². The van der Waals surface area contributed by atoms with Gasteiger partial charge in [-0.25, -0.2) is 4.98 Å². The summed E-state index contributed by atoms with van der Waals surface area (Å²) in [5, 5.41) is 3.85. The van der Waals surface area contributed by atoms with E-state index in [1.807, 2.05) is 0 Å². The lowest BCUT2D eigenvalue weighted by atomic mass is 9.67. The molecule has 132 valence electrons. The highest BCUT2D eigenvalue weighted by molar-refractivity contribution is 7.99. The van der Waals surface area contributed by atoms with Gasteiger partial charge >= 0.3 is 0 Å². The van der Waals surface area contributed by atoms with Crippen LogP contribution in [0.25, 0.3) is 0 Å². The Bertz CT molecular complexity index is 681. The van der Waals surface area contributed by atoms with Crippen LogP contribution in [0.15, 0.2) is 16.1 Å². The highest BCUT2D eigenvalue weighted by Crippen LogP contribution is 2.39. The molecule has 4 rings (SSSR count). The van der Waals surface area contributed by atoms with Gasteiger partial charge in [-0.15, -0.1) is 12.4 Å². The summed E-state index contributed by atoms with van der Waals surface area (Å²) in [7, 11) is 0. The number of nitrogens with two attached hydrogens (primary N) is 1. The minimum absolute atomic E-state index is 0. The number of carbonyl (C=O) groups is 1. The van der Waals surface area contributed by atoms with E-state index >= 15 is 0 Å². The molecule has 2 fully saturated rings. The van der Waals surface area contributed by atoms with E-state index in [1.165, 1.54) is 12.6 Å². The van der Waals surface area contributed by atoms with Gasteiger partial charge in [-0.1, -0.05) is 18.2 Å². The average Bonchev–Trinajstić information content (AvgIpc) is 2.98.